The van der Waals surface area contributed by atoms with Crippen LogP contribution in [0.3, 0.4) is 0 Å². The van der Waals surface area contributed by atoms with E-state index in [0.717, 1.165) is 42.5 Å². The zero-order valence-corrected chi connectivity index (χ0v) is 15.4. The fraction of sp³-hybridized carbons (Fsp3) is 0.421. The molecule has 136 valence electrons. The van der Waals surface area contributed by atoms with Gasteiger partial charge in [0.15, 0.2) is 0 Å². The van der Waals surface area contributed by atoms with Gasteiger partial charge in [0.25, 0.3) is 0 Å². The lowest BCUT2D eigenvalue weighted by atomic mass is 10.00. The number of anilines is 1. The van der Waals surface area contributed by atoms with Crippen molar-refractivity contribution in [3.63, 3.8) is 0 Å². The van der Waals surface area contributed by atoms with Gasteiger partial charge in [-0.1, -0.05) is 18.5 Å². The number of halogens is 1. The SMILES string of the molecule is CCN(CC(=O)O)C1CCN(c2c(C#N)cnc3ccc(Cl)cc23)CC1. The molecule has 1 fully saturated rings. The highest BCUT2D eigenvalue weighted by molar-refractivity contribution is 6.31. The standard InChI is InChI=1S/C19H21ClN4O2/c1-2-23(12-18(25)26)15-5-7-24(8-6-15)19-13(10-21)11-22-17-4-3-14(20)9-16(17)19/h3-4,9,11,15H,2,5-8,12H2,1H3,(H,25,26). The molecule has 0 saturated carbocycles. The molecule has 0 unspecified atom stereocenters. The lowest BCUT2D eigenvalue weighted by Crippen LogP contribution is -2.46. The van der Waals surface area contributed by atoms with E-state index in [0.29, 0.717) is 17.1 Å². The summed E-state index contributed by atoms with van der Waals surface area (Å²) >= 11 is 6.17. The van der Waals surface area contributed by atoms with Gasteiger partial charge in [0, 0.05) is 35.7 Å². The number of pyridine rings is 1. The zero-order chi connectivity index (χ0) is 18.7. The molecule has 3 rings (SSSR count). The van der Waals surface area contributed by atoms with E-state index < -0.39 is 5.97 Å². The van der Waals surface area contributed by atoms with Crippen LogP contribution in [-0.4, -0.2) is 53.2 Å². The minimum atomic E-state index is -0.796. The Labute approximate surface area is 157 Å². The topological polar surface area (TPSA) is 80.5 Å². The number of piperidine rings is 1. The Morgan fingerprint density at radius 3 is 2.81 bits per heavy atom. The minimum Gasteiger partial charge on any atom is -0.480 e. The number of carboxylic acid groups (broad SMARTS) is 1. The van der Waals surface area contributed by atoms with Gasteiger partial charge in [-0.3, -0.25) is 14.7 Å². The number of carbonyl (C=O) groups is 1. The molecule has 0 bridgehead atoms. The van der Waals surface area contributed by atoms with Crippen LogP contribution in [-0.2, 0) is 4.79 Å². The summed E-state index contributed by atoms with van der Waals surface area (Å²) in [5.74, 6) is -0.796. The molecule has 1 N–H and O–H groups in total. The third-order valence-electron chi connectivity index (χ3n) is 4.96. The summed E-state index contributed by atoms with van der Waals surface area (Å²) < 4.78 is 0. The molecular weight excluding hydrogens is 352 g/mol. The van der Waals surface area contributed by atoms with Gasteiger partial charge >= 0.3 is 5.97 Å². The van der Waals surface area contributed by atoms with Crippen molar-refractivity contribution in [2.45, 2.75) is 25.8 Å². The molecule has 0 radical (unpaired) electrons. The first-order valence-corrected chi connectivity index (χ1v) is 9.10. The van der Waals surface area contributed by atoms with Gasteiger partial charge in [0.1, 0.15) is 6.07 Å². The van der Waals surface area contributed by atoms with Crippen molar-refractivity contribution in [3.8, 4) is 6.07 Å². The number of likely N-dealkylation sites (N-methyl/N-ethyl adjacent to an activating group) is 1. The predicted octanol–water partition coefficient (Wildman–Crippen LogP) is 3.14. The number of benzene rings is 1. The molecule has 2 aromatic rings. The Hall–Kier alpha value is -2.36. The van der Waals surface area contributed by atoms with Crippen molar-refractivity contribution in [3.05, 3.63) is 35.0 Å². The number of fused-ring (bicyclic) bond motifs is 1. The molecule has 0 amide bonds. The lowest BCUT2D eigenvalue weighted by molar-refractivity contribution is -0.139. The fourth-order valence-corrected chi connectivity index (χ4v) is 3.87. The van der Waals surface area contributed by atoms with E-state index in [2.05, 4.69) is 16.0 Å². The van der Waals surface area contributed by atoms with E-state index >= 15 is 0 Å². The number of aromatic nitrogens is 1. The van der Waals surface area contributed by atoms with Crippen molar-refractivity contribution in [1.29, 1.82) is 5.26 Å². The first kappa shape index (κ1) is 18.4. The summed E-state index contributed by atoms with van der Waals surface area (Å²) in [7, 11) is 0. The van der Waals surface area contributed by atoms with Gasteiger partial charge in [0.05, 0.1) is 23.3 Å². The van der Waals surface area contributed by atoms with E-state index in [-0.39, 0.29) is 12.6 Å². The summed E-state index contributed by atoms with van der Waals surface area (Å²) in [5, 5.41) is 20.1. The lowest BCUT2D eigenvalue weighted by Gasteiger charge is -2.39. The maximum absolute atomic E-state index is 11.1. The van der Waals surface area contributed by atoms with Crippen molar-refractivity contribution in [1.82, 2.24) is 9.88 Å². The van der Waals surface area contributed by atoms with Crippen molar-refractivity contribution in [2.75, 3.05) is 31.1 Å². The second-order valence-corrected chi connectivity index (χ2v) is 6.91. The molecule has 1 aromatic carbocycles. The molecule has 2 heterocycles. The Balaban J connectivity index is 1.86. The van der Waals surface area contributed by atoms with Crippen LogP contribution in [0.5, 0.6) is 0 Å². The molecule has 26 heavy (non-hydrogen) atoms. The van der Waals surface area contributed by atoms with E-state index in [1.807, 2.05) is 24.0 Å². The van der Waals surface area contributed by atoms with Crippen LogP contribution >= 0.6 is 11.6 Å². The molecule has 0 aliphatic carbocycles. The highest BCUT2D eigenvalue weighted by atomic mass is 35.5. The number of aliphatic carboxylic acids is 1. The number of carboxylic acids is 1. The van der Waals surface area contributed by atoms with Crippen LogP contribution in [0, 0.1) is 11.3 Å². The molecule has 1 saturated heterocycles. The van der Waals surface area contributed by atoms with Crippen LogP contribution in [0.2, 0.25) is 5.02 Å². The summed E-state index contributed by atoms with van der Waals surface area (Å²) in [6.45, 7) is 4.30. The highest BCUT2D eigenvalue weighted by Crippen LogP contribution is 2.33. The number of nitriles is 1. The third kappa shape index (κ3) is 3.74. The van der Waals surface area contributed by atoms with Crippen molar-refractivity contribution >= 4 is 34.2 Å². The normalized spacial score (nSPS) is 15.4. The summed E-state index contributed by atoms with van der Waals surface area (Å²) in [4.78, 5) is 19.6. The molecular formula is C19H21ClN4O2. The van der Waals surface area contributed by atoms with Gasteiger partial charge in [-0.25, -0.2) is 0 Å². The molecule has 7 heteroatoms. The van der Waals surface area contributed by atoms with Gasteiger partial charge in [-0.05, 0) is 37.6 Å². The van der Waals surface area contributed by atoms with Crippen LogP contribution in [0.25, 0.3) is 10.9 Å². The van der Waals surface area contributed by atoms with E-state index in [1.165, 1.54) is 0 Å². The van der Waals surface area contributed by atoms with Crippen molar-refractivity contribution < 1.29 is 9.90 Å². The monoisotopic (exact) mass is 372 g/mol. The first-order valence-electron chi connectivity index (χ1n) is 8.72. The number of hydrogen-bond donors (Lipinski definition) is 1. The molecule has 1 aliphatic heterocycles. The smallest absolute Gasteiger partial charge is 0.317 e. The van der Waals surface area contributed by atoms with Gasteiger partial charge in [-0.15, -0.1) is 0 Å². The molecule has 0 spiro atoms. The minimum absolute atomic E-state index is 0.0679. The first-order chi connectivity index (χ1) is 12.5. The molecule has 1 aromatic heterocycles. The summed E-state index contributed by atoms with van der Waals surface area (Å²) in [5.41, 5.74) is 2.22. The van der Waals surface area contributed by atoms with Crippen LogP contribution in [0.15, 0.2) is 24.4 Å². The van der Waals surface area contributed by atoms with Gasteiger partial charge in [-0.2, -0.15) is 5.26 Å². The van der Waals surface area contributed by atoms with Crippen molar-refractivity contribution in [2.24, 2.45) is 0 Å². The highest BCUT2D eigenvalue weighted by Gasteiger charge is 2.27. The number of nitrogens with zero attached hydrogens (tertiary/aromatic N) is 4. The zero-order valence-electron chi connectivity index (χ0n) is 14.7. The largest absolute Gasteiger partial charge is 0.480 e. The number of hydrogen-bond acceptors (Lipinski definition) is 5. The van der Waals surface area contributed by atoms with Gasteiger partial charge < -0.3 is 10.0 Å². The maximum Gasteiger partial charge on any atom is 0.317 e. The predicted molar refractivity (Wildman–Crippen MR) is 102 cm³/mol. The van der Waals surface area contributed by atoms with Crippen LogP contribution in [0.1, 0.15) is 25.3 Å². The fourth-order valence-electron chi connectivity index (χ4n) is 3.70. The molecule has 1 aliphatic rings. The van der Waals surface area contributed by atoms with E-state index in [1.54, 1.807) is 12.3 Å². The van der Waals surface area contributed by atoms with Crippen LogP contribution < -0.4 is 4.90 Å². The summed E-state index contributed by atoms with van der Waals surface area (Å²) in [6.07, 6.45) is 3.33. The molecule has 6 nitrogen and oxygen atoms in total. The number of rotatable bonds is 5. The second kappa shape index (κ2) is 7.90. The van der Waals surface area contributed by atoms with Gasteiger partial charge in [0.2, 0.25) is 0 Å². The molecule has 0 atom stereocenters. The van der Waals surface area contributed by atoms with E-state index in [9.17, 15) is 10.1 Å². The Morgan fingerprint density at radius 2 is 2.19 bits per heavy atom. The quantitative estimate of drug-likeness (QED) is 0.868. The second-order valence-electron chi connectivity index (χ2n) is 6.47. The average Bonchev–Trinajstić information content (AvgIpc) is 2.65. The Kier molecular flexibility index (Phi) is 5.60. The summed E-state index contributed by atoms with van der Waals surface area (Å²) in [6, 6.07) is 8.00. The maximum atomic E-state index is 11.1. The Bertz CT molecular complexity index is 856. The van der Waals surface area contributed by atoms with Crippen LogP contribution in [0.4, 0.5) is 5.69 Å². The average molecular weight is 373 g/mol. The third-order valence-corrected chi connectivity index (χ3v) is 5.20. The van der Waals surface area contributed by atoms with E-state index in [4.69, 9.17) is 16.7 Å². The Morgan fingerprint density at radius 1 is 1.46 bits per heavy atom.